The van der Waals surface area contributed by atoms with E-state index in [1.165, 1.54) is 0 Å². The highest BCUT2D eigenvalue weighted by Crippen LogP contribution is 2.21. The van der Waals surface area contributed by atoms with Crippen LogP contribution in [0.3, 0.4) is 0 Å². The Morgan fingerprint density at radius 3 is 2.44 bits per heavy atom. The normalized spacial score (nSPS) is 9.88. The molecule has 0 unspecified atom stereocenters. The molecule has 4 heteroatoms. The summed E-state index contributed by atoms with van der Waals surface area (Å²) in [6.45, 7) is 0. The fourth-order valence-corrected chi connectivity index (χ4v) is 1.45. The summed E-state index contributed by atoms with van der Waals surface area (Å²) >= 11 is 0. The van der Waals surface area contributed by atoms with Gasteiger partial charge in [-0.25, -0.2) is 4.98 Å². The summed E-state index contributed by atoms with van der Waals surface area (Å²) in [5.41, 5.74) is 2.18. The second-order valence-electron chi connectivity index (χ2n) is 3.42. The van der Waals surface area contributed by atoms with Crippen LogP contribution in [0.25, 0.3) is 0 Å². The molecule has 0 radical (unpaired) electrons. The summed E-state index contributed by atoms with van der Waals surface area (Å²) in [5.74, 6) is 0.833. The number of hydrogen-bond donors (Lipinski definition) is 1. The van der Waals surface area contributed by atoms with Gasteiger partial charge in [0.05, 0.1) is 6.20 Å². The molecule has 4 nitrogen and oxygen atoms in total. The monoisotopic (exact) mass is 214 g/mol. The first kappa shape index (κ1) is 10.4. The molecule has 0 fully saturated rings. The van der Waals surface area contributed by atoms with Crippen LogP contribution in [0.4, 0.5) is 17.2 Å². The van der Waals surface area contributed by atoms with E-state index in [4.69, 9.17) is 0 Å². The van der Waals surface area contributed by atoms with Gasteiger partial charge < -0.3 is 10.2 Å². The highest BCUT2D eigenvalue weighted by atomic mass is 15.2. The Kier molecular flexibility index (Phi) is 3.00. The van der Waals surface area contributed by atoms with Crippen LogP contribution in [-0.2, 0) is 0 Å². The van der Waals surface area contributed by atoms with E-state index < -0.39 is 0 Å². The molecule has 0 aliphatic carbocycles. The fourth-order valence-electron chi connectivity index (χ4n) is 1.45. The molecule has 0 saturated heterocycles. The average Bonchev–Trinajstić information content (AvgIpc) is 2.39. The molecular weight excluding hydrogens is 200 g/mol. The Hall–Kier alpha value is -2.10. The standard InChI is InChI=1S/C12H14N4/c1-13-10-3-5-11(6-4-10)16(2)12-9-14-7-8-15-12/h3-9,13H,1-2H3. The molecule has 0 aliphatic heterocycles. The van der Waals surface area contributed by atoms with E-state index in [0.717, 1.165) is 17.2 Å². The van der Waals surface area contributed by atoms with Crippen LogP contribution in [0.15, 0.2) is 42.9 Å². The van der Waals surface area contributed by atoms with Gasteiger partial charge in [-0.15, -0.1) is 0 Å². The number of aromatic nitrogens is 2. The summed E-state index contributed by atoms with van der Waals surface area (Å²) in [6, 6.07) is 8.14. The third-order valence-electron chi connectivity index (χ3n) is 2.44. The summed E-state index contributed by atoms with van der Waals surface area (Å²) in [4.78, 5) is 10.3. The van der Waals surface area contributed by atoms with Gasteiger partial charge >= 0.3 is 0 Å². The van der Waals surface area contributed by atoms with Crippen molar-refractivity contribution in [2.24, 2.45) is 0 Å². The minimum absolute atomic E-state index is 0.833. The first-order valence-corrected chi connectivity index (χ1v) is 5.09. The molecule has 1 aromatic heterocycles. The van der Waals surface area contributed by atoms with Gasteiger partial charge in [0.1, 0.15) is 0 Å². The Morgan fingerprint density at radius 1 is 1.12 bits per heavy atom. The molecule has 16 heavy (non-hydrogen) atoms. The minimum atomic E-state index is 0.833. The summed E-state index contributed by atoms with van der Waals surface area (Å²) in [5, 5.41) is 3.09. The predicted octanol–water partition coefficient (Wildman–Crippen LogP) is 2.29. The van der Waals surface area contributed by atoms with E-state index in [-0.39, 0.29) is 0 Å². The van der Waals surface area contributed by atoms with Crippen LogP contribution in [0.2, 0.25) is 0 Å². The average molecular weight is 214 g/mol. The zero-order chi connectivity index (χ0) is 11.4. The van der Waals surface area contributed by atoms with Crippen LogP contribution < -0.4 is 10.2 Å². The Morgan fingerprint density at radius 2 is 1.88 bits per heavy atom. The van der Waals surface area contributed by atoms with Crippen LogP contribution in [0.1, 0.15) is 0 Å². The molecule has 82 valence electrons. The fraction of sp³-hybridized carbons (Fsp3) is 0.167. The lowest BCUT2D eigenvalue weighted by atomic mass is 10.2. The smallest absolute Gasteiger partial charge is 0.151 e. The van der Waals surface area contributed by atoms with Crippen molar-refractivity contribution >= 4 is 17.2 Å². The van der Waals surface area contributed by atoms with Crippen LogP contribution in [-0.4, -0.2) is 24.1 Å². The van der Waals surface area contributed by atoms with Gasteiger partial charge in [-0.3, -0.25) is 4.98 Å². The van der Waals surface area contributed by atoms with Gasteiger partial charge in [0.25, 0.3) is 0 Å². The molecule has 0 spiro atoms. The van der Waals surface area contributed by atoms with Gasteiger partial charge in [-0.2, -0.15) is 0 Å². The van der Waals surface area contributed by atoms with Crippen LogP contribution >= 0.6 is 0 Å². The van der Waals surface area contributed by atoms with Crippen molar-refractivity contribution in [1.29, 1.82) is 0 Å². The molecule has 2 aromatic rings. The SMILES string of the molecule is CNc1ccc(N(C)c2cnccn2)cc1. The van der Waals surface area contributed by atoms with Gasteiger partial charge in [-0.1, -0.05) is 0 Å². The number of benzene rings is 1. The van der Waals surface area contributed by atoms with Crippen molar-refractivity contribution in [2.45, 2.75) is 0 Å². The summed E-state index contributed by atoms with van der Waals surface area (Å²) in [7, 11) is 3.87. The molecule has 0 aliphatic rings. The van der Waals surface area contributed by atoms with Crippen molar-refractivity contribution in [3.05, 3.63) is 42.9 Å². The van der Waals surface area contributed by atoms with E-state index in [1.807, 2.05) is 43.3 Å². The molecular formula is C12H14N4. The van der Waals surface area contributed by atoms with Crippen molar-refractivity contribution in [2.75, 3.05) is 24.3 Å². The second-order valence-corrected chi connectivity index (χ2v) is 3.42. The summed E-state index contributed by atoms with van der Waals surface area (Å²) < 4.78 is 0. The van der Waals surface area contributed by atoms with Crippen molar-refractivity contribution in [3.63, 3.8) is 0 Å². The number of hydrogen-bond acceptors (Lipinski definition) is 4. The number of anilines is 3. The van der Waals surface area contributed by atoms with Gasteiger partial charge in [0.2, 0.25) is 0 Å². The second kappa shape index (κ2) is 4.61. The first-order valence-electron chi connectivity index (χ1n) is 5.09. The van der Waals surface area contributed by atoms with Gasteiger partial charge in [-0.05, 0) is 24.3 Å². The molecule has 0 bridgehead atoms. The molecule has 0 amide bonds. The van der Waals surface area contributed by atoms with E-state index in [9.17, 15) is 0 Å². The Bertz CT molecular complexity index is 438. The zero-order valence-corrected chi connectivity index (χ0v) is 9.38. The number of rotatable bonds is 3. The maximum atomic E-state index is 4.25. The Balaban J connectivity index is 2.24. The molecule has 0 saturated carbocycles. The minimum Gasteiger partial charge on any atom is -0.388 e. The predicted molar refractivity (Wildman–Crippen MR) is 66.1 cm³/mol. The lowest BCUT2D eigenvalue weighted by Gasteiger charge is -2.17. The maximum Gasteiger partial charge on any atom is 0.151 e. The van der Waals surface area contributed by atoms with E-state index in [2.05, 4.69) is 15.3 Å². The maximum absolute atomic E-state index is 4.25. The molecule has 1 N–H and O–H groups in total. The molecule has 1 heterocycles. The lowest BCUT2D eigenvalue weighted by molar-refractivity contribution is 1.09. The topological polar surface area (TPSA) is 41.0 Å². The number of nitrogens with one attached hydrogen (secondary N) is 1. The largest absolute Gasteiger partial charge is 0.388 e. The molecule has 1 aromatic carbocycles. The van der Waals surface area contributed by atoms with Crippen LogP contribution in [0.5, 0.6) is 0 Å². The highest BCUT2D eigenvalue weighted by Gasteiger charge is 2.04. The van der Waals surface area contributed by atoms with Crippen molar-refractivity contribution in [1.82, 2.24) is 9.97 Å². The first-order chi connectivity index (χ1) is 7.81. The van der Waals surface area contributed by atoms with E-state index in [0.29, 0.717) is 0 Å². The van der Waals surface area contributed by atoms with Crippen molar-refractivity contribution in [3.8, 4) is 0 Å². The quantitative estimate of drug-likeness (QED) is 0.851. The van der Waals surface area contributed by atoms with E-state index >= 15 is 0 Å². The third kappa shape index (κ3) is 2.11. The van der Waals surface area contributed by atoms with E-state index in [1.54, 1.807) is 18.6 Å². The lowest BCUT2D eigenvalue weighted by Crippen LogP contribution is -2.11. The van der Waals surface area contributed by atoms with Gasteiger partial charge in [0, 0.05) is 37.9 Å². The molecule has 0 atom stereocenters. The van der Waals surface area contributed by atoms with Crippen molar-refractivity contribution < 1.29 is 0 Å². The Labute approximate surface area is 95.0 Å². The molecule has 2 rings (SSSR count). The zero-order valence-electron chi connectivity index (χ0n) is 9.38. The summed E-state index contributed by atoms with van der Waals surface area (Å²) in [6.07, 6.45) is 5.10. The van der Waals surface area contributed by atoms with Crippen LogP contribution in [0, 0.1) is 0 Å². The highest BCUT2D eigenvalue weighted by molar-refractivity contribution is 5.61. The van der Waals surface area contributed by atoms with Gasteiger partial charge in [0.15, 0.2) is 5.82 Å². The third-order valence-corrected chi connectivity index (χ3v) is 2.44. The number of nitrogens with zero attached hydrogens (tertiary/aromatic N) is 3.